The molecule has 0 saturated carbocycles. The van der Waals surface area contributed by atoms with E-state index in [-0.39, 0.29) is 18.2 Å². The van der Waals surface area contributed by atoms with E-state index in [1.165, 1.54) is 0 Å². The van der Waals surface area contributed by atoms with Crippen molar-refractivity contribution in [2.24, 2.45) is 5.92 Å². The van der Waals surface area contributed by atoms with Crippen LogP contribution < -0.4 is 5.32 Å². The van der Waals surface area contributed by atoms with Crippen LogP contribution in [0, 0.1) is 17.6 Å². The van der Waals surface area contributed by atoms with E-state index in [4.69, 9.17) is 5.11 Å². The maximum absolute atomic E-state index is 13.7. The highest BCUT2D eigenvalue weighted by molar-refractivity contribution is 5.88. The van der Waals surface area contributed by atoms with Crippen LogP contribution in [0.2, 0.25) is 0 Å². The molecular formula is C14H19F2NO3. The van der Waals surface area contributed by atoms with Crippen LogP contribution in [0.4, 0.5) is 14.5 Å². The second-order valence-electron chi connectivity index (χ2n) is 4.62. The number of aromatic carboxylic acids is 1. The summed E-state index contributed by atoms with van der Waals surface area (Å²) in [5.74, 6) is -4.10. The van der Waals surface area contributed by atoms with Crippen molar-refractivity contribution in [1.82, 2.24) is 0 Å². The van der Waals surface area contributed by atoms with Crippen molar-refractivity contribution in [3.8, 4) is 0 Å². The Kier molecular flexibility index (Phi) is 5.88. The molecule has 4 nitrogen and oxygen atoms in total. The minimum Gasteiger partial charge on any atom is -0.478 e. The van der Waals surface area contributed by atoms with Gasteiger partial charge in [-0.05, 0) is 18.1 Å². The normalized spacial score (nSPS) is 12.5. The number of hydrogen-bond donors (Lipinski definition) is 3. The zero-order valence-electron chi connectivity index (χ0n) is 11.5. The van der Waals surface area contributed by atoms with Crippen molar-refractivity contribution in [1.29, 1.82) is 0 Å². The zero-order valence-corrected chi connectivity index (χ0v) is 11.5. The van der Waals surface area contributed by atoms with Gasteiger partial charge in [0.1, 0.15) is 0 Å². The number of rotatable bonds is 7. The van der Waals surface area contributed by atoms with Gasteiger partial charge in [-0.15, -0.1) is 0 Å². The highest BCUT2D eigenvalue weighted by Gasteiger charge is 2.20. The van der Waals surface area contributed by atoms with Gasteiger partial charge in [-0.3, -0.25) is 0 Å². The SMILES string of the molecule is CCC(CC)C(O)CNc1ccc(C(=O)O)c(F)c1F. The lowest BCUT2D eigenvalue weighted by atomic mass is 9.96. The van der Waals surface area contributed by atoms with Crippen LogP contribution in [0.3, 0.4) is 0 Å². The van der Waals surface area contributed by atoms with E-state index in [1.807, 2.05) is 13.8 Å². The van der Waals surface area contributed by atoms with Gasteiger partial charge in [0, 0.05) is 6.54 Å². The Morgan fingerprint density at radius 1 is 1.25 bits per heavy atom. The van der Waals surface area contributed by atoms with Gasteiger partial charge < -0.3 is 15.5 Å². The van der Waals surface area contributed by atoms with Gasteiger partial charge in [0.05, 0.1) is 17.4 Å². The van der Waals surface area contributed by atoms with Crippen LogP contribution >= 0.6 is 0 Å². The standard InChI is InChI=1S/C14H19F2NO3/c1-3-8(4-2)11(18)7-17-10-6-5-9(14(19)20)12(15)13(10)16/h5-6,8,11,17-18H,3-4,7H2,1-2H3,(H,19,20). The Bertz CT molecular complexity index is 476. The molecule has 1 atom stereocenters. The monoisotopic (exact) mass is 287 g/mol. The van der Waals surface area contributed by atoms with Crippen molar-refractivity contribution in [2.75, 3.05) is 11.9 Å². The van der Waals surface area contributed by atoms with E-state index in [0.717, 1.165) is 25.0 Å². The first kappa shape index (κ1) is 16.4. The van der Waals surface area contributed by atoms with Gasteiger partial charge in [0.25, 0.3) is 0 Å². The Labute approximate surface area is 116 Å². The summed E-state index contributed by atoms with van der Waals surface area (Å²) in [5.41, 5.74) is -0.869. The number of anilines is 1. The fraction of sp³-hybridized carbons (Fsp3) is 0.500. The van der Waals surface area contributed by atoms with Crippen LogP contribution in [0.25, 0.3) is 0 Å². The maximum Gasteiger partial charge on any atom is 0.338 e. The van der Waals surface area contributed by atoms with Crippen LogP contribution in [0.15, 0.2) is 12.1 Å². The molecule has 0 spiro atoms. The summed E-state index contributed by atoms with van der Waals surface area (Å²) in [7, 11) is 0. The van der Waals surface area contributed by atoms with E-state index >= 15 is 0 Å². The highest BCUT2D eigenvalue weighted by atomic mass is 19.2. The Morgan fingerprint density at radius 2 is 1.85 bits per heavy atom. The fourth-order valence-corrected chi connectivity index (χ4v) is 2.07. The highest BCUT2D eigenvalue weighted by Crippen LogP contribution is 2.21. The molecule has 0 aliphatic rings. The number of halogens is 2. The molecule has 1 rings (SSSR count). The molecule has 0 bridgehead atoms. The molecule has 0 amide bonds. The lowest BCUT2D eigenvalue weighted by molar-refractivity contribution is 0.0690. The number of aliphatic hydroxyl groups is 1. The van der Waals surface area contributed by atoms with Crippen LogP contribution in [-0.2, 0) is 0 Å². The van der Waals surface area contributed by atoms with Crippen molar-refractivity contribution in [3.05, 3.63) is 29.3 Å². The van der Waals surface area contributed by atoms with E-state index in [2.05, 4.69) is 5.32 Å². The van der Waals surface area contributed by atoms with Gasteiger partial charge in [0.15, 0.2) is 11.6 Å². The number of carboxylic acids is 1. The topological polar surface area (TPSA) is 69.6 Å². The quantitative estimate of drug-likeness (QED) is 0.721. The first-order valence-electron chi connectivity index (χ1n) is 6.55. The van der Waals surface area contributed by atoms with E-state index in [0.29, 0.717) is 0 Å². The third-order valence-corrected chi connectivity index (χ3v) is 3.41. The zero-order chi connectivity index (χ0) is 15.3. The first-order valence-corrected chi connectivity index (χ1v) is 6.55. The summed E-state index contributed by atoms with van der Waals surface area (Å²) in [6.07, 6.45) is 0.897. The van der Waals surface area contributed by atoms with E-state index in [9.17, 15) is 18.7 Å². The molecule has 20 heavy (non-hydrogen) atoms. The lowest BCUT2D eigenvalue weighted by Gasteiger charge is -2.21. The number of carbonyl (C=O) groups is 1. The predicted molar refractivity (Wildman–Crippen MR) is 71.9 cm³/mol. The molecular weight excluding hydrogens is 268 g/mol. The minimum atomic E-state index is -1.52. The summed E-state index contributed by atoms with van der Waals surface area (Å²) in [5, 5.41) is 21.2. The summed E-state index contributed by atoms with van der Waals surface area (Å²) < 4.78 is 27.1. The number of carboxylic acid groups (broad SMARTS) is 1. The lowest BCUT2D eigenvalue weighted by Crippen LogP contribution is -2.28. The Balaban J connectivity index is 2.79. The van der Waals surface area contributed by atoms with Crippen molar-refractivity contribution >= 4 is 11.7 Å². The molecule has 1 aromatic carbocycles. The molecule has 6 heteroatoms. The van der Waals surface area contributed by atoms with Crippen LogP contribution in [-0.4, -0.2) is 28.8 Å². The number of nitrogens with one attached hydrogen (secondary N) is 1. The summed E-state index contributed by atoms with van der Waals surface area (Å²) in [4.78, 5) is 10.7. The summed E-state index contributed by atoms with van der Waals surface area (Å²) in [6, 6.07) is 2.15. The molecule has 112 valence electrons. The van der Waals surface area contributed by atoms with Gasteiger partial charge in [-0.1, -0.05) is 26.7 Å². The minimum absolute atomic E-state index is 0.0775. The average molecular weight is 287 g/mol. The molecule has 0 aliphatic heterocycles. The van der Waals surface area contributed by atoms with Crippen molar-refractivity contribution < 1.29 is 23.8 Å². The predicted octanol–water partition coefficient (Wildman–Crippen LogP) is 2.87. The summed E-state index contributed by atoms with van der Waals surface area (Å²) in [6.45, 7) is 3.97. The Morgan fingerprint density at radius 3 is 2.35 bits per heavy atom. The van der Waals surface area contributed by atoms with Crippen LogP contribution in [0.5, 0.6) is 0 Å². The fourth-order valence-electron chi connectivity index (χ4n) is 2.07. The average Bonchev–Trinajstić information content (AvgIpc) is 2.41. The molecule has 0 aromatic heterocycles. The second-order valence-corrected chi connectivity index (χ2v) is 4.62. The molecule has 1 unspecified atom stereocenters. The largest absolute Gasteiger partial charge is 0.478 e. The number of benzene rings is 1. The number of aliphatic hydroxyl groups excluding tert-OH is 1. The van der Waals surface area contributed by atoms with Gasteiger partial charge in [0.2, 0.25) is 0 Å². The van der Waals surface area contributed by atoms with Crippen LogP contribution in [0.1, 0.15) is 37.0 Å². The van der Waals surface area contributed by atoms with Crippen molar-refractivity contribution in [3.63, 3.8) is 0 Å². The first-order chi connectivity index (χ1) is 9.42. The maximum atomic E-state index is 13.7. The third-order valence-electron chi connectivity index (χ3n) is 3.41. The molecule has 0 fully saturated rings. The summed E-state index contributed by atoms with van der Waals surface area (Å²) >= 11 is 0. The molecule has 0 saturated heterocycles. The van der Waals surface area contributed by atoms with Gasteiger partial charge >= 0.3 is 5.97 Å². The Hall–Kier alpha value is -1.69. The molecule has 0 aliphatic carbocycles. The second kappa shape index (κ2) is 7.19. The molecule has 0 heterocycles. The third kappa shape index (κ3) is 3.66. The van der Waals surface area contributed by atoms with E-state index in [1.54, 1.807) is 0 Å². The van der Waals surface area contributed by atoms with Gasteiger partial charge in [-0.2, -0.15) is 0 Å². The molecule has 0 radical (unpaired) electrons. The molecule has 1 aromatic rings. The molecule has 3 N–H and O–H groups in total. The number of hydrogen-bond acceptors (Lipinski definition) is 3. The smallest absolute Gasteiger partial charge is 0.338 e. The van der Waals surface area contributed by atoms with E-state index < -0.39 is 29.3 Å². The van der Waals surface area contributed by atoms with Gasteiger partial charge in [-0.25, -0.2) is 13.6 Å². The van der Waals surface area contributed by atoms with Crippen molar-refractivity contribution in [2.45, 2.75) is 32.8 Å².